The first-order chi connectivity index (χ1) is 8.63. The van der Waals surface area contributed by atoms with Crippen molar-refractivity contribution in [2.24, 2.45) is 0 Å². The van der Waals surface area contributed by atoms with Gasteiger partial charge < -0.3 is 9.64 Å². The van der Waals surface area contributed by atoms with Crippen molar-refractivity contribution >= 4 is 33.2 Å². The van der Waals surface area contributed by atoms with Gasteiger partial charge in [-0.25, -0.2) is 0 Å². The topological polar surface area (TPSA) is 29.5 Å². The summed E-state index contributed by atoms with van der Waals surface area (Å²) < 4.78 is 6.09. The number of rotatable bonds is 7. The number of carbonyl (C=O) groups excluding carboxylic acids is 1. The van der Waals surface area contributed by atoms with Crippen molar-refractivity contribution in [1.29, 1.82) is 0 Å². The minimum atomic E-state index is 0.0997. The molecule has 0 bridgehead atoms. The van der Waals surface area contributed by atoms with Gasteiger partial charge in [-0.15, -0.1) is 11.3 Å². The van der Waals surface area contributed by atoms with Crippen LogP contribution >= 0.6 is 27.3 Å². The number of carbonyl (C=O) groups is 1. The number of nitrogens with zero attached hydrogens (tertiary/aromatic N) is 1. The Balaban J connectivity index is 2.84. The van der Waals surface area contributed by atoms with Gasteiger partial charge in [0.15, 0.2) is 0 Å². The molecule has 0 saturated carbocycles. The first kappa shape index (κ1) is 15.7. The van der Waals surface area contributed by atoms with Gasteiger partial charge in [0, 0.05) is 25.1 Å². The van der Waals surface area contributed by atoms with Crippen molar-refractivity contribution in [1.82, 2.24) is 4.90 Å². The van der Waals surface area contributed by atoms with E-state index in [1.54, 1.807) is 7.11 Å². The van der Waals surface area contributed by atoms with E-state index in [0.29, 0.717) is 13.2 Å². The summed E-state index contributed by atoms with van der Waals surface area (Å²) in [6, 6.07) is 2.17. The molecule has 0 aliphatic rings. The van der Waals surface area contributed by atoms with Crippen molar-refractivity contribution < 1.29 is 9.53 Å². The highest BCUT2D eigenvalue weighted by molar-refractivity contribution is 9.11. The molecule has 1 heterocycles. The van der Waals surface area contributed by atoms with Crippen LogP contribution in [0.2, 0.25) is 0 Å². The Hall–Kier alpha value is -0.390. The Kier molecular flexibility index (Phi) is 6.89. The predicted octanol–water partition coefficient (Wildman–Crippen LogP) is 3.79. The van der Waals surface area contributed by atoms with Crippen LogP contribution in [0.3, 0.4) is 0 Å². The van der Waals surface area contributed by atoms with Crippen molar-refractivity contribution in [2.45, 2.75) is 32.7 Å². The van der Waals surface area contributed by atoms with Gasteiger partial charge in [-0.1, -0.05) is 13.8 Å². The molecule has 3 nitrogen and oxygen atoms in total. The molecule has 0 unspecified atom stereocenters. The van der Waals surface area contributed by atoms with Gasteiger partial charge in [0.25, 0.3) is 5.91 Å². The van der Waals surface area contributed by atoms with E-state index in [4.69, 9.17) is 4.74 Å². The monoisotopic (exact) mass is 333 g/mol. The quantitative estimate of drug-likeness (QED) is 0.759. The van der Waals surface area contributed by atoms with E-state index < -0.39 is 0 Å². The highest BCUT2D eigenvalue weighted by Gasteiger charge is 2.22. The molecule has 102 valence electrons. The lowest BCUT2D eigenvalue weighted by Crippen LogP contribution is -2.41. The Bertz CT molecular complexity index is 377. The van der Waals surface area contributed by atoms with Crippen LogP contribution in [0, 0.1) is 0 Å². The summed E-state index contributed by atoms with van der Waals surface area (Å²) in [6.45, 7) is 5.46. The smallest absolute Gasteiger partial charge is 0.255 e. The summed E-state index contributed by atoms with van der Waals surface area (Å²) in [4.78, 5) is 14.4. The van der Waals surface area contributed by atoms with E-state index >= 15 is 0 Å². The molecular weight excluding hydrogens is 314 g/mol. The van der Waals surface area contributed by atoms with Crippen LogP contribution in [-0.2, 0) is 4.74 Å². The van der Waals surface area contributed by atoms with Crippen LogP contribution in [-0.4, -0.2) is 37.1 Å². The first-order valence-electron chi connectivity index (χ1n) is 6.17. The molecule has 18 heavy (non-hydrogen) atoms. The van der Waals surface area contributed by atoms with E-state index in [2.05, 4.69) is 29.8 Å². The van der Waals surface area contributed by atoms with Crippen LogP contribution in [0.25, 0.3) is 0 Å². The zero-order valence-electron chi connectivity index (χ0n) is 11.1. The molecule has 0 fully saturated rings. The first-order valence-corrected chi connectivity index (χ1v) is 7.85. The number of amides is 1. The lowest BCUT2D eigenvalue weighted by molar-refractivity contribution is 0.0590. The molecule has 0 atom stereocenters. The highest BCUT2D eigenvalue weighted by Crippen LogP contribution is 2.23. The summed E-state index contributed by atoms with van der Waals surface area (Å²) >= 11 is 4.94. The third kappa shape index (κ3) is 4.07. The van der Waals surface area contributed by atoms with E-state index in [1.807, 2.05) is 16.3 Å². The van der Waals surface area contributed by atoms with Gasteiger partial charge in [0.1, 0.15) is 0 Å². The predicted molar refractivity (Wildman–Crippen MR) is 79.3 cm³/mol. The van der Waals surface area contributed by atoms with Crippen LogP contribution in [0.15, 0.2) is 15.2 Å². The fourth-order valence-electron chi connectivity index (χ4n) is 1.96. The summed E-state index contributed by atoms with van der Waals surface area (Å²) in [5, 5.41) is 1.90. The maximum absolute atomic E-state index is 12.5. The average Bonchev–Trinajstić information content (AvgIpc) is 2.80. The maximum Gasteiger partial charge on any atom is 0.255 e. The summed E-state index contributed by atoms with van der Waals surface area (Å²) in [5.41, 5.74) is 0.759. The number of methoxy groups -OCH3 is 1. The molecule has 1 rings (SSSR count). The zero-order valence-corrected chi connectivity index (χ0v) is 13.5. The van der Waals surface area contributed by atoms with Crippen LogP contribution in [0.4, 0.5) is 0 Å². The molecule has 1 amide bonds. The molecule has 0 aliphatic carbocycles. The molecule has 0 aromatic carbocycles. The standard InChI is InChI=1S/C13H20BrNO2S/c1-4-11(5-2)15(6-7-17-3)13(16)10-8-12(14)18-9-10/h8-9,11H,4-7H2,1-3H3. The second kappa shape index (κ2) is 7.92. The van der Waals surface area contributed by atoms with E-state index in [0.717, 1.165) is 22.2 Å². The van der Waals surface area contributed by atoms with Gasteiger partial charge in [0.05, 0.1) is 16.0 Å². The lowest BCUT2D eigenvalue weighted by Gasteiger charge is -2.30. The third-order valence-electron chi connectivity index (χ3n) is 2.99. The number of hydrogen-bond acceptors (Lipinski definition) is 3. The van der Waals surface area contributed by atoms with Crippen LogP contribution in [0.5, 0.6) is 0 Å². The molecular formula is C13H20BrNO2S. The Labute approximate surface area is 121 Å². The van der Waals surface area contributed by atoms with Crippen molar-refractivity contribution in [3.63, 3.8) is 0 Å². The van der Waals surface area contributed by atoms with Crippen molar-refractivity contribution in [3.05, 3.63) is 20.8 Å². The largest absolute Gasteiger partial charge is 0.383 e. The zero-order chi connectivity index (χ0) is 13.5. The molecule has 0 spiro atoms. The molecule has 1 aromatic rings. The number of hydrogen-bond donors (Lipinski definition) is 0. The summed E-state index contributed by atoms with van der Waals surface area (Å²) in [6.07, 6.45) is 1.94. The third-order valence-corrected chi connectivity index (χ3v) is 4.50. The van der Waals surface area contributed by atoms with E-state index in [1.165, 1.54) is 11.3 Å². The van der Waals surface area contributed by atoms with Gasteiger partial charge in [0.2, 0.25) is 0 Å². The molecule has 0 radical (unpaired) electrons. The van der Waals surface area contributed by atoms with Gasteiger partial charge in [-0.2, -0.15) is 0 Å². The van der Waals surface area contributed by atoms with Gasteiger partial charge in [-0.05, 0) is 34.8 Å². The molecule has 0 aliphatic heterocycles. The molecule has 1 aromatic heterocycles. The average molecular weight is 334 g/mol. The van der Waals surface area contributed by atoms with Crippen LogP contribution in [0.1, 0.15) is 37.0 Å². The number of ether oxygens (including phenoxy) is 1. The second-order valence-electron chi connectivity index (χ2n) is 4.10. The molecule has 0 saturated heterocycles. The SMILES string of the molecule is CCC(CC)N(CCOC)C(=O)c1csc(Br)c1. The lowest BCUT2D eigenvalue weighted by atomic mass is 10.1. The Morgan fingerprint density at radius 3 is 2.61 bits per heavy atom. The minimum absolute atomic E-state index is 0.0997. The maximum atomic E-state index is 12.5. The van der Waals surface area contributed by atoms with Gasteiger partial charge >= 0.3 is 0 Å². The van der Waals surface area contributed by atoms with Crippen LogP contribution < -0.4 is 0 Å². The Morgan fingerprint density at radius 2 is 2.17 bits per heavy atom. The fraction of sp³-hybridized carbons (Fsp3) is 0.615. The highest BCUT2D eigenvalue weighted by atomic mass is 79.9. The van der Waals surface area contributed by atoms with Crippen molar-refractivity contribution in [2.75, 3.05) is 20.3 Å². The van der Waals surface area contributed by atoms with Crippen molar-refractivity contribution in [3.8, 4) is 0 Å². The minimum Gasteiger partial charge on any atom is -0.383 e. The number of halogens is 1. The second-order valence-corrected chi connectivity index (χ2v) is 6.39. The summed E-state index contributed by atoms with van der Waals surface area (Å²) in [5.74, 6) is 0.0997. The normalized spacial score (nSPS) is 10.9. The Morgan fingerprint density at radius 1 is 1.50 bits per heavy atom. The molecule has 0 N–H and O–H groups in total. The molecule has 5 heteroatoms. The number of thiophene rings is 1. The van der Waals surface area contributed by atoms with Gasteiger partial charge in [-0.3, -0.25) is 4.79 Å². The summed E-state index contributed by atoms with van der Waals surface area (Å²) in [7, 11) is 1.66. The fourth-order valence-corrected chi connectivity index (χ4v) is 3.09. The van der Waals surface area contributed by atoms with E-state index in [9.17, 15) is 4.79 Å². The van der Waals surface area contributed by atoms with E-state index in [-0.39, 0.29) is 11.9 Å².